The molecule has 2 amide bonds. The molecular formula is C32H30Cl2FN3O5S. The number of nitrogens with zero attached hydrogens (tertiary/aromatic N) is 2. The number of anilines is 1. The number of ether oxygens (including phenoxy) is 1. The van der Waals surface area contributed by atoms with Crippen molar-refractivity contribution in [2.24, 2.45) is 0 Å². The lowest BCUT2D eigenvalue weighted by molar-refractivity contribution is -0.139. The zero-order valence-corrected chi connectivity index (χ0v) is 26.2. The Kier molecular flexibility index (Phi) is 10.9. The largest absolute Gasteiger partial charge is 0.497 e. The minimum Gasteiger partial charge on any atom is -0.497 e. The number of sulfonamides is 1. The zero-order chi connectivity index (χ0) is 31.9. The molecule has 230 valence electrons. The summed E-state index contributed by atoms with van der Waals surface area (Å²) in [6.45, 7) is -0.826. The molecule has 0 radical (unpaired) electrons. The van der Waals surface area contributed by atoms with E-state index in [2.05, 4.69) is 5.32 Å². The summed E-state index contributed by atoms with van der Waals surface area (Å²) in [5.41, 5.74) is 1.33. The van der Waals surface area contributed by atoms with Gasteiger partial charge in [-0.3, -0.25) is 13.9 Å². The number of rotatable bonds is 12. The fraction of sp³-hybridized carbons (Fsp3) is 0.188. The summed E-state index contributed by atoms with van der Waals surface area (Å²) in [4.78, 5) is 28.8. The third kappa shape index (κ3) is 7.88. The Hall–Kier alpha value is -4.12. The number of nitrogens with one attached hydrogen (secondary N) is 1. The first kappa shape index (κ1) is 32.8. The van der Waals surface area contributed by atoms with E-state index in [-0.39, 0.29) is 28.6 Å². The Morgan fingerprint density at radius 3 is 2.18 bits per heavy atom. The summed E-state index contributed by atoms with van der Waals surface area (Å²) in [5, 5.41) is 3.27. The van der Waals surface area contributed by atoms with Crippen molar-refractivity contribution in [3.63, 3.8) is 0 Å². The average Bonchev–Trinajstić information content (AvgIpc) is 3.03. The molecule has 8 nitrogen and oxygen atoms in total. The summed E-state index contributed by atoms with van der Waals surface area (Å²) < 4.78 is 47.9. The van der Waals surface area contributed by atoms with Crippen LogP contribution in [0.4, 0.5) is 10.1 Å². The fourth-order valence-corrected chi connectivity index (χ4v) is 6.45. The SMILES string of the molecule is CNC(=O)C(Cc1ccccc1)N(Cc1ccc(Cl)cc1Cl)C(=O)CN(c1ccc(F)cc1)S(=O)(=O)c1ccc(OC)cc1. The van der Waals surface area contributed by atoms with Gasteiger partial charge in [0.1, 0.15) is 24.2 Å². The minimum atomic E-state index is -4.35. The van der Waals surface area contributed by atoms with Crippen LogP contribution in [-0.4, -0.2) is 51.9 Å². The number of hydrogen-bond acceptors (Lipinski definition) is 5. The number of halogens is 3. The molecule has 0 saturated heterocycles. The molecule has 0 spiro atoms. The first-order chi connectivity index (χ1) is 21.0. The van der Waals surface area contributed by atoms with Crippen LogP contribution in [0.1, 0.15) is 11.1 Å². The van der Waals surface area contributed by atoms with Crippen molar-refractivity contribution in [1.82, 2.24) is 10.2 Å². The zero-order valence-electron chi connectivity index (χ0n) is 23.9. The van der Waals surface area contributed by atoms with E-state index < -0.39 is 40.2 Å². The van der Waals surface area contributed by atoms with E-state index in [0.717, 1.165) is 22.0 Å². The Morgan fingerprint density at radius 1 is 0.932 bits per heavy atom. The molecule has 0 aliphatic heterocycles. The highest BCUT2D eigenvalue weighted by molar-refractivity contribution is 7.92. The van der Waals surface area contributed by atoms with Gasteiger partial charge in [0.05, 0.1) is 17.7 Å². The van der Waals surface area contributed by atoms with Crippen LogP contribution >= 0.6 is 23.2 Å². The third-order valence-electron chi connectivity index (χ3n) is 6.91. The van der Waals surface area contributed by atoms with Crippen LogP contribution < -0.4 is 14.4 Å². The Bertz CT molecular complexity index is 1710. The predicted molar refractivity (Wildman–Crippen MR) is 169 cm³/mol. The van der Waals surface area contributed by atoms with E-state index >= 15 is 0 Å². The van der Waals surface area contributed by atoms with Gasteiger partial charge in [-0.15, -0.1) is 0 Å². The summed E-state index contributed by atoms with van der Waals surface area (Å²) in [7, 11) is -1.45. The molecule has 4 rings (SSSR count). The molecule has 0 aliphatic carbocycles. The summed E-state index contributed by atoms with van der Waals surface area (Å²) in [5.74, 6) is -1.29. The van der Waals surface area contributed by atoms with Crippen molar-refractivity contribution in [3.05, 3.63) is 124 Å². The number of hydrogen-bond donors (Lipinski definition) is 1. The van der Waals surface area contributed by atoms with E-state index in [9.17, 15) is 22.4 Å². The number of carbonyl (C=O) groups excluding carboxylic acids is 2. The second kappa shape index (κ2) is 14.6. The highest BCUT2D eigenvalue weighted by Gasteiger charge is 2.34. The lowest BCUT2D eigenvalue weighted by Gasteiger charge is -2.33. The number of amides is 2. The third-order valence-corrected chi connectivity index (χ3v) is 9.29. The van der Waals surface area contributed by atoms with Gasteiger partial charge in [-0.2, -0.15) is 0 Å². The molecule has 12 heteroatoms. The number of carbonyl (C=O) groups is 2. The van der Waals surface area contributed by atoms with Crippen LogP contribution in [-0.2, 0) is 32.6 Å². The van der Waals surface area contributed by atoms with Crippen molar-refractivity contribution in [1.29, 1.82) is 0 Å². The van der Waals surface area contributed by atoms with Gasteiger partial charge < -0.3 is 15.0 Å². The molecule has 0 heterocycles. The Balaban J connectivity index is 1.80. The molecule has 0 saturated carbocycles. The quantitative estimate of drug-likeness (QED) is 0.210. The van der Waals surface area contributed by atoms with E-state index in [0.29, 0.717) is 16.3 Å². The normalized spacial score (nSPS) is 11.8. The van der Waals surface area contributed by atoms with Crippen LogP contribution in [0.5, 0.6) is 5.75 Å². The van der Waals surface area contributed by atoms with E-state index in [4.69, 9.17) is 27.9 Å². The van der Waals surface area contributed by atoms with Crippen LogP contribution in [0.3, 0.4) is 0 Å². The molecule has 0 aliphatic rings. The summed E-state index contributed by atoms with van der Waals surface area (Å²) >= 11 is 12.6. The maximum atomic E-state index is 14.3. The Morgan fingerprint density at radius 2 is 1.59 bits per heavy atom. The second-order valence-electron chi connectivity index (χ2n) is 9.74. The maximum absolute atomic E-state index is 14.3. The maximum Gasteiger partial charge on any atom is 0.264 e. The predicted octanol–water partition coefficient (Wildman–Crippen LogP) is 5.72. The first-order valence-electron chi connectivity index (χ1n) is 13.4. The van der Waals surface area contributed by atoms with Crippen molar-refractivity contribution in [2.75, 3.05) is 25.0 Å². The number of likely N-dealkylation sites (N-methyl/N-ethyl adjacent to an activating group) is 1. The van der Waals surface area contributed by atoms with Crippen LogP contribution in [0.25, 0.3) is 0 Å². The van der Waals surface area contributed by atoms with Gasteiger partial charge in [0.2, 0.25) is 11.8 Å². The molecule has 44 heavy (non-hydrogen) atoms. The van der Waals surface area contributed by atoms with E-state index in [1.807, 2.05) is 30.3 Å². The molecule has 1 unspecified atom stereocenters. The molecule has 1 atom stereocenters. The standard InChI is InChI=1S/C32H30Cl2FN3O5S/c1-36-32(40)30(18-22-6-4-3-5-7-22)37(20-23-8-9-24(33)19-29(23)34)31(39)21-38(26-12-10-25(35)11-13-26)44(41,42)28-16-14-27(43-2)15-17-28/h3-17,19,30H,18,20-21H2,1-2H3,(H,36,40). The first-order valence-corrected chi connectivity index (χ1v) is 15.6. The van der Waals surface area contributed by atoms with Gasteiger partial charge in [-0.25, -0.2) is 12.8 Å². The second-order valence-corrected chi connectivity index (χ2v) is 12.4. The monoisotopic (exact) mass is 657 g/mol. The van der Waals surface area contributed by atoms with Crippen molar-refractivity contribution in [2.45, 2.75) is 23.9 Å². The molecule has 0 fully saturated rings. The van der Waals surface area contributed by atoms with Gasteiger partial charge in [-0.05, 0) is 71.8 Å². The lowest BCUT2D eigenvalue weighted by atomic mass is 10.0. The van der Waals surface area contributed by atoms with E-state index in [1.165, 1.54) is 61.5 Å². The highest BCUT2D eigenvalue weighted by atomic mass is 35.5. The van der Waals surface area contributed by atoms with Gasteiger partial charge >= 0.3 is 0 Å². The van der Waals surface area contributed by atoms with Gasteiger partial charge in [0.25, 0.3) is 10.0 Å². The topological polar surface area (TPSA) is 96.0 Å². The highest BCUT2D eigenvalue weighted by Crippen LogP contribution is 2.28. The van der Waals surface area contributed by atoms with Crippen molar-refractivity contribution >= 4 is 50.7 Å². The van der Waals surface area contributed by atoms with Crippen LogP contribution in [0, 0.1) is 5.82 Å². The van der Waals surface area contributed by atoms with Gasteiger partial charge in [0, 0.05) is 30.1 Å². The molecule has 0 bridgehead atoms. The molecular weight excluding hydrogens is 628 g/mol. The van der Waals surface area contributed by atoms with E-state index in [1.54, 1.807) is 12.1 Å². The minimum absolute atomic E-state index is 0.0552. The average molecular weight is 659 g/mol. The summed E-state index contributed by atoms with van der Waals surface area (Å²) in [6.07, 6.45) is 0.138. The molecule has 0 aromatic heterocycles. The van der Waals surface area contributed by atoms with Crippen LogP contribution in [0.15, 0.2) is 102 Å². The number of methoxy groups -OCH3 is 1. The van der Waals surface area contributed by atoms with Crippen LogP contribution in [0.2, 0.25) is 10.0 Å². The molecule has 4 aromatic carbocycles. The fourth-order valence-electron chi connectivity index (χ4n) is 4.57. The van der Waals surface area contributed by atoms with Gasteiger partial charge in [0.15, 0.2) is 0 Å². The molecule has 1 N–H and O–H groups in total. The lowest BCUT2D eigenvalue weighted by Crippen LogP contribution is -2.53. The number of benzene rings is 4. The Labute approximate surface area is 266 Å². The van der Waals surface area contributed by atoms with Gasteiger partial charge in [-0.1, -0.05) is 59.6 Å². The molecule has 4 aromatic rings. The summed E-state index contributed by atoms with van der Waals surface area (Å²) in [6, 6.07) is 23.2. The smallest absolute Gasteiger partial charge is 0.264 e. The van der Waals surface area contributed by atoms with Crippen molar-refractivity contribution in [3.8, 4) is 5.75 Å². The van der Waals surface area contributed by atoms with Crippen molar-refractivity contribution < 1.29 is 27.1 Å².